The average Bonchev–Trinajstić information content (AvgIpc) is 2.97. The van der Waals surface area contributed by atoms with E-state index in [-0.39, 0.29) is 5.78 Å². The maximum Gasteiger partial charge on any atom is 0.164 e. The van der Waals surface area contributed by atoms with E-state index in [2.05, 4.69) is 23.6 Å². The van der Waals surface area contributed by atoms with Gasteiger partial charge in [-0.3, -0.25) is 4.79 Å². The summed E-state index contributed by atoms with van der Waals surface area (Å²) in [5, 5.41) is 0. The molecule has 0 fully saturated rings. The summed E-state index contributed by atoms with van der Waals surface area (Å²) in [6, 6.07) is 6.26. The number of thiophene rings is 1. The highest BCUT2D eigenvalue weighted by Crippen LogP contribution is 2.18. The van der Waals surface area contributed by atoms with Crippen molar-refractivity contribution in [3.63, 3.8) is 0 Å². The Labute approximate surface area is 106 Å². The van der Waals surface area contributed by atoms with Gasteiger partial charge in [0.1, 0.15) is 0 Å². The molecule has 0 aliphatic heterocycles. The van der Waals surface area contributed by atoms with Crippen LogP contribution in [0.3, 0.4) is 0 Å². The maximum absolute atomic E-state index is 11.5. The number of hydrogen-bond donors (Lipinski definition) is 0. The molecule has 0 amide bonds. The molecule has 17 heavy (non-hydrogen) atoms. The van der Waals surface area contributed by atoms with Gasteiger partial charge < -0.3 is 4.57 Å². The van der Waals surface area contributed by atoms with Crippen molar-refractivity contribution in [1.29, 1.82) is 0 Å². The number of ketones is 1. The van der Waals surface area contributed by atoms with Gasteiger partial charge in [-0.2, -0.15) is 0 Å². The van der Waals surface area contributed by atoms with Crippen molar-refractivity contribution in [3.05, 3.63) is 45.9 Å². The second-order valence-electron chi connectivity index (χ2n) is 4.07. The van der Waals surface area contributed by atoms with Crippen LogP contribution in [0.2, 0.25) is 0 Å². The van der Waals surface area contributed by atoms with Gasteiger partial charge in [-0.25, -0.2) is 0 Å². The zero-order valence-electron chi connectivity index (χ0n) is 10.3. The lowest BCUT2D eigenvalue weighted by Gasteiger charge is -1.99. The average molecular weight is 247 g/mol. The van der Waals surface area contributed by atoms with Gasteiger partial charge in [0.05, 0.1) is 6.54 Å². The topological polar surface area (TPSA) is 22.0 Å². The molecule has 3 heteroatoms. The molecule has 0 bridgehead atoms. The van der Waals surface area contributed by atoms with E-state index in [9.17, 15) is 4.79 Å². The molecule has 2 nitrogen and oxygen atoms in total. The predicted molar refractivity (Wildman–Crippen MR) is 71.9 cm³/mol. The van der Waals surface area contributed by atoms with Gasteiger partial charge in [0.15, 0.2) is 5.78 Å². The lowest BCUT2D eigenvalue weighted by atomic mass is 10.2. The fraction of sp³-hybridized carbons (Fsp3) is 0.357. The van der Waals surface area contributed by atoms with Crippen LogP contribution in [-0.2, 0) is 13.0 Å². The van der Waals surface area contributed by atoms with Crippen LogP contribution in [0.4, 0.5) is 0 Å². The Morgan fingerprint density at radius 2 is 2.00 bits per heavy atom. The highest BCUT2D eigenvalue weighted by Gasteiger charge is 2.05. The predicted octanol–water partition coefficient (Wildman–Crippen LogP) is 3.75. The minimum absolute atomic E-state index is 0.212. The van der Waals surface area contributed by atoms with Crippen LogP contribution >= 0.6 is 11.3 Å². The number of nitrogens with zero attached hydrogens (tertiary/aromatic N) is 1. The van der Waals surface area contributed by atoms with E-state index >= 15 is 0 Å². The number of carbonyl (C=O) groups excluding carboxylic acids is 1. The third-order valence-corrected chi connectivity index (χ3v) is 4.01. The fourth-order valence-corrected chi connectivity index (χ4v) is 2.75. The Kier molecular flexibility index (Phi) is 3.79. The quantitative estimate of drug-likeness (QED) is 0.737. The first-order chi connectivity index (χ1) is 8.22. The van der Waals surface area contributed by atoms with Gasteiger partial charge in [0.25, 0.3) is 0 Å². The Bertz CT molecular complexity index is 510. The van der Waals surface area contributed by atoms with Crippen LogP contribution in [-0.4, -0.2) is 10.4 Å². The third-order valence-electron chi connectivity index (χ3n) is 2.80. The minimum atomic E-state index is 0.212. The Morgan fingerprint density at radius 3 is 2.65 bits per heavy atom. The normalized spacial score (nSPS) is 10.7. The minimum Gasteiger partial charge on any atom is -0.348 e. The van der Waals surface area contributed by atoms with Crippen LogP contribution in [0.25, 0.3) is 0 Å². The van der Waals surface area contributed by atoms with Crippen molar-refractivity contribution < 1.29 is 4.79 Å². The van der Waals surface area contributed by atoms with Crippen molar-refractivity contribution >= 4 is 17.1 Å². The van der Waals surface area contributed by atoms with Crippen LogP contribution in [0.5, 0.6) is 0 Å². The second-order valence-corrected chi connectivity index (χ2v) is 5.32. The Hall–Kier alpha value is -1.35. The van der Waals surface area contributed by atoms with Crippen molar-refractivity contribution in [2.45, 2.75) is 33.2 Å². The monoisotopic (exact) mass is 247 g/mol. The fourth-order valence-electron chi connectivity index (χ4n) is 1.79. The highest BCUT2D eigenvalue weighted by atomic mass is 32.1. The number of hydrogen-bond acceptors (Lipinski definition) is 2. The molecule has 0 N–H and O–H groups in total. The van der Waals surface area contributed by atoms with Gasteiger partial charge in [-0.15, -0.1) is 11.3 Å². The second kappa shape index (κ2) is 5.32. The maximum atomic E-state index is 11.5. The molecule has 0 aromatic carbocycles. The Balaban J connectivity index is 2.08. The lowest BCUT2D eigenvalue weighted by Crippen LogP contribution is -1.96. The molecule has 2 rings (SSSR count). The highest BCUT2D eigenvalue weighted by molar-refractivity contribution is 7.11. The molecule has 0 radical (unpaired) electrons. The first-order valence-electron chi connectivity index (χ1n) is 5.99. The summed E-state index contributed by atoms with van der Waals surface area (Å²) >= 11 is 1.85. The largest absolute Gasteiger partial charge is 0.348 e. The zero-order chi connectivity index (χ0) is 12.3. The van der Waals surface area contributed by atoms with Crippen molar-refractivity contribution in [1.82, 2.24) is 4.57 Å². The summed E-state index contributed by atoms with van der Waals surface area (Å²) in [6.07, 6.45) is 5.59. The summed E-state index contributed by atoms with van der Waals surface area (Å²) in [5.41, 5.74) is 0.819. The van der Waals surface area contributed by atoms with E-state index in [1.54, 1.807) is 0 Å². The molecule has 0 unspecified atom stereocenters. The summed E-state index contributed by atoms with van der Waals surface area (Å²) in [7, 11) is 0. The van der Waals surface area contributed by atoms with Crippen LogP contribution in [0.15, 0.2) is 30.6 Å². The molecule has 0 saturated heterocycles. The van der Waals surface area contributed by atoms with E-state index in [1.807, 2.05) is 36.7 Å². The standard InChI is InChI=1S/C14H17NOS/c1-3-12-5-6-13(17-12)10-15-8-7-11(9-15)14(16)4-2/h5-9H,3-4,10H2,1-2H3. The van der Waals surface area contributed by atoms with Crippen LogP contribution in [0.1, 0.15) is 40.4 Å². The SMILES string of the molecule is CCC(=O)c1ccn(Cc2ccc(CC)s2)c1. The molecule has 2 aromatic heterocycles. The Morgan fingerprint density at radius 1 is 1.24 bits per heavy atom. The molecule has 2 aromatic rings. The number of Topliss-reactive ketones (excluding diaryl/α,β-unsaturated/α-hetero) is 1. The number of aromatic nitrogens is 1. The third kappa shape index (κ3) is 2.86. The molecule has 0 saturated carbocycles. The molecule has 90 valence electrons. The van der Waals surface area contributed by atoms with Crippen LogP contribution < -0.4 is 0 Å². The molecular formula is C14H17NOS. The van der Waals surface area contributed by atoms with E-state index in [1.165, 1.54) is 9.75 Å². The van der Waals surface area contributed by atoms with Crippen LogP contribution in [0, 0.1) is 0 Å². The molecule has 0 aliphatic carbocycles. The molecule has 0 atom stereocenters. The smallest absolute Gasteiger partial charge is 0.164 e. The molecule has 0 spiro atoms. The van der Waals surface area contributed by atoms with Gasteiger partial charge in [0.2, 0.25) is 0 Å². The summed E-state index contributed by atoms with van der Waals surface area (Å²) < 4.78 is 2.08. The van der Waals surface area contributed by atoms with Crippen molar-refractivity contribution in [2.75, 3.05) is 0 Å². The summed E-state index contributed by atoms with van der Waals surface area (Å²) in [6.45, 7) is 4.93. The van der Waals surface area contributed by atoms with Gasteiger partial charge in [0, 0.05) is 34.1 Å². The summed E-state index contributed by atoms with van der Waals surface area (Å²) in [5.74, 6) is 0.212. The van der Waals surface area contributed by atoms with Crippen molar-refractivity contribution in [3.8, 4) is 0 Å². The van der Waals surface area contributed by atoms with Crippen molar-refractivity contribution in [2.24, 2.45) is 0 Å². The van der Waals surface area contributed by atoms with E-state index in [0.29, 0.717) is 6.42 Å². The van der Waals surface area contributed by atoms with E-state index in [4.69, 9.17) is 0 Å². The van der Waals surface area contributed by atoms with Gasteiger partial charge >= 0.3 is 0 Å². The summed E-state index contributed by atoms with van der Waals surface area (Å²) in [4.78, 5) is 14.3. The first-order valence-corrected chi connectivity index (χ1v) is 6.81. The number of aryl methyl sites for hydroxylation is 1. The number of rotatable bonds is 5. The van der Waals surface area contributed by atoms with E-state index < -0.39 is 0 Å². The lowest BCUT2D eigenvalue weighted by molar-refractivity contribution is 0.0988. The van der Waals surface area contributed by atoms with Gasteiger partial charge in [-0.05, 0) is 24.6 Å². The zero-order valence-corrected chi connectivity index (χ0v) is 11.1. The molecule has 0 aliphatic rings. The van der Waals surface area contributed by atoms with Gasteiger partial charge in [-0.1, -0.05) is 13.8 Å². The van der Waals surface area contributed by atoms with E-state index in [0.717, 1.165) is 18.5 Å². The first kappa shape index (κ1) is 12.1. The number of carbonyl (C=O) groups is 1. The molecular weight excluding hydrogens is 230 g/mol. The molecule has 2 heterocycles.